The largest absolute Gasteiger partial charge is 0.396 e. The molecular formula is C15H20N2O2S. The Morgan fingerprint density at radius 3 is 2.90 bits per heavy atom. The van der Waals surface area contributed by atoms with Crippen molar-refractivity contribution in [1.29, 1.82) is 0 Å². The standard InChI is InChI=1S/C15H20N2O2S/c1-20-13-5-4-11(7-16-13)15(19)17-14-10-3-2-9(6-10)12(14)8-18/h4-5,7,9-10,12,14,18H,2-3,6,8H2,1H3,(H,17,19). The normalized spacial score (nSPS) is 31.5. The molecule has 0 saturated heterocycles. The van der Waals surface area contributed by atoms with Gasteiger partial charge in [0.2, 0.25) is 0 Å². The Kier molecular flexibility index (Phi) is 3.98. The van der Waals surface area contributed by atoms with Crippen LogP contribution in [0.5, 0.6) is 0 Å². The van der Waals surface area contributed by atoms with Gasteiger partial charge in [-0.25, -0.2) is 4.98 Å². The first kappa shape index (κ1) is 13.9. The van der Waals surface area contributed by atoms with Crippen molar-refractivity contribution < 1.29 is 9.90 Å². The molecular weight excluding hydrogens is 272 g/mol. The SMILES string of the molecule is CSc1ccc(C(=O)NC2C3CCC(C3)C2CO)cn1. The van der Waals surface area contributed by atoms with Gasteiger partial charge in [0.1, 0.15) is 0 Å². The van der Waals surface area contributed by atoms with Crippen LogP contribution in [0.4, 0.5) is 0 Å². The quantitative estimate of drug-likeness (QED) is 0.833. The van der Waals surface area contributed by atoms with Gasteiger partial charge in [0.05, 0.1) is 10.6 Å². The van der Waals surface area contributed by atoms with Gasteiger partial charge in [-0.05, 0) is 49.5 Å². The first-order valence-electron chi connectivity index (χ1n) is 7.14. The fourth-order valence-electron chi connectivity index (χ4n) is 3.77. The third-order valence-corrected chi connectivity index (χ3v) is 5.46. The van der Waals surface area contributed by atoms with Crippen LogP contribution in [0.1, 0.15) is 29.6 Å². The van der Waals surface area contributed by atoms with Crippen LogP contribution < -0.4 is 5.32 Å². The number of carbonyl (C=O) groups is 1. The molecule has 1 amide bonds. The second-order valence-electron chi connectivity index (χ2n) is 5.77. The van der Waals surface area contributed by atoms with Gasteiger partial charge in [-0.1, -0.05) is 0 Å². The number of hydrogen-bond donors (Lipinski definition) is 2. The van der Waals surface area contributed by atoms with Crippen molar-refractivity contribution in [1.82, 2.24) is 10.3 Å². The molecule has 3 rings (SSSR count). The molecule has 1 aromatic rings. The molecule has 4 nitrogen and oxygen atoms in total. The molecule has 2 saturated carbocycles. The minimum atomic E-state index is -0.0684. The molecule has 1 aromatic heterocycles. The second-order valence-corrected chi connectivity index (χ2v) is 6.59. The van der Waals surface area contributed by atoms with Crippen molar-refractivity contribution in [2.24, 2.45) is 17.8 Å². The summed E-state index contributed by atoms with van der Waals surface area (Å²) >= 11 is 1.56. The zero-order valence-corrected chi connectivity index (χ0v) is 12.4. The third-order valence-electron chi connectivity index (χ3n) is 4.80. The Balaban J connectivity index is 1.69. The van der Waals surface area contributed by atoms with Crippen LogP contribution in [0.15, 0.2) is 23.4 Å². The maximum atomic E-state index is 12.3. The molecule has 2 aliphatic carbocycles. The molecule has 108 valence electrons. The van der Waals surface area contributed by atoms with E-state index in [1.807, 2.05) is 18.4 Å². The number of aromatic nitrogens is 1. The molecule has 4 unspecified atom stereocenters. The first-order valence-corrected chi connectivity index (χ1v) is 8.37. The number of nitrogens with zero attached hydrogens (tertiary/aromatic N) is 1. The summed E-state index contributed by atoms with van der Waals surface area (Å²) in [6, 6.07) is 3.81. The number of fused-ring (bicyclic) bond motifs is 2. The van der Waals surface area contributed by atoms with Crippen molar-refractivity contribution in [3.05, 3.63) is 23.9 Å². The average Bonchev–Trinajstić information content (AvgIpc) is 3.08. The van der Waals surface area contributed by atoms with Gasteiger partial charge < -0.3 is 10.4 Å². The van der Waals surface area contributed by atoms with Crippen molar-refractivity contribution in [3.63, 3.8) is 0 Å². The van der Waals surface area contributed by atoms with Crippen LogP contribution in [-0.4, -0.2) is 34.9 Å². The lowest BCUT2D eigenvalue weighted by Gasteiger charge is -2.30. The van der Waals surface area contributed by atoms with Gasteiger partial charge >= 0.3 is 0 Å². The van der Waals surface area contributed by atoms with Gasteiger partial charge in [0.15, 0.2) is 0 Å². The monoisotopic (exact) mass is 292 g/mol. The lowest BCUT2D eigenvalue weighted by molar-refractivity contribution is 0.0861. The van der Waals surface area contributed by atoms with Crippen LogP contribution in [0.2, 0.25) is 0 Å². The highest BCUT2D eigenvalue weighted by Crippen LogP contribution is 2.48. The van der Waals surface area contributed by atoms with Gasteiger partial charge in [-0.3, -0.25) is 4.79 Å². The highest BCUT2D eigenvalue weighted by Gasteiger charge is 2.47. The number of carbonyl (C=O) groups excluding carboxylic acids is 1. The minimum Gasteiger partial charge on any atom is -0.396 e. The van der Waals surface area contributed by atoms with E-state index in [1.165, 1.54) is 12.8 Å². The zero-order chi connectivity index (χ0) is 14.1. The number of thioether (sulfide) groups is 1. The number of aliphatic hydroxyl groups is 1. The summed E-state index contributed by atoms with van der Waals surface area (Å²) in [5.74, 6) is 1.30. The summed E-state index contributed by atoms with van der Waals surface area (Å²) in [5, 5.41) is 13.6. The summed E-state index contributed by atoms with van der Waals surface area (Å²) in [5.41, 5.74) is 0.599. The molecule has 20 heavy (non-hydrogen) atoms. The van der Waals surface area contributed by atoms with Gasteiger partial charge in [-0.2, -0.15) is 0 Å². The Morgan fingerprint density at radius 2 is 2.25 bits per heavy atom. The third kappa shape index (κ3) is 2.44. The highest BCUT2D eigenvalue weighted by molar-refractivity contribution is 7.98. The summed E-state index contributed by atoms with van der Waals surface area (Å²) in [6.45, 7) is 0.176. The molecule has 4 atom stereocenters. The lowest BCUT2D eigenvalue weighted by Crippen LogP contribution is -2.45. The topological polar surface area (TPSA) is 62.2 Å². The van der Waals surface area contributed by atoms with Crippen molar-refractivity contribution in [2.45, 2.75) is 30.3 Å². The summed E-state index contributed by atoms with van der Waals surface area (Å²) in [6.07, 6.45) is 7.12. The van der Waals surface area contributed by atoms with Gasteiger partial charge in [0, 0.05) is 24.8 Å². The number of hydrogen-bond acceptors (Lipinski definition) is 4. The average molecular weight is 292 g/mol. The molecule has 1 heterocycles. The van der Waals surface area contributed by atoms with Gasteiger partial charge in [0.25, 0.3) is 5.91 Å². The molecule has 0 spiro atoms. The summed E-state index contributed by atoms with van der Waals surface area (Å²) in [4.78, 5) is 16.5. The van der Waals surface area contributed by atoms with E-state index >= 15 is 0 Å². The fourth-order valence-corrected chi connectivity index (χ4v) is 4.13. The zero-order valence-electron chi connectivity index (χ0n) is 11.6. The van der Waals surface area contributed by atoms with Crippen LogP contribution in [0.3, 0.4) is 0 Å². The van der Waals surface area contributed by atoms with E-state index in [9.17, 15) is 9.90 Å². The van der Waals surface area contributed by atoms with E-state index in [2.05, 4.69) is 10.3 Å². The van der Waals surface area contributed by atoms with Crippen LogP contribution in [-0.2, 0) is 0 Å². The van der Waals surface area contributed by atoms with E-state index in [-0.39, 0.29) is 24.5 Å². The molecule has 0 aromatic carbocycles. The Bertz CT molecular complexity index is 491. The Morgan fingerprint density at radius 1 is 1.45 bits per heavy atom. The van der Waals surface area contributed by atoms with Crippen LogP contribution >= 0.6 is 11.8 Å². The summed E-state index contributed by atoms with van der Waals surface area (Å²) in [7, 11) is 0. The number of nitrogens with one attached hydrogen (secondary N) is 1. The highest BCUT2D eigenvalue weighted by atomic mass is 32.2. The Hall–Kier alpha value is -1.07. The molecule has 0 aliphatic heterocycles. The Labute approximate surface area is 123 Å². The van der Waals surface area contributed by atoms with E-state index in [0.717, 1.165) is 11.4 Å². The number of rotatable bonds is 4. The maximum Gasteiger partial charge on any atom is 0.253 e. The van der Waals surface area contributed by atoms with Crippen LogP contribution in [0.25, 0.3) is 0 Å². The molecule has 2 aliphatic rings. The second kappa shape index (κ2) is 5.74. The maximum absolute atomic E-state index is 12.3. The predicted octanol–water partition coefficient (Wildman–Crippen LogP) is 1.94. The van der Waals surface area contributed by atoms with Crippen molar-refractivity contribution >= 4 is 17.7 Å². The van der Waals surface area contributed by atoms with E-state index in [4.69, 9.17) is 0 Å². The van der Waals surface area contributed by atoms with E-state index in [1.54, 1.807) is 18.0 Å². The number of aliphatic hydroxyl groups excluding tert-OH is 1. The van der Waals surface area contributed by atoms with Crippen molar-refractivity contribution in [2.75, 3.05) is 12.9 Å². The molecule has 2 bridgehead atoms. The van der Waals surface area contributed by atoms with Gasteiger partial charge in [-0.15, -0.1) is 11.8 Å². The fraction of sp³-hybridized carbons (Fsp3) is 0.600. The first-order chi connectivity index (χ1) is 9.72. The lowest BCUT2D eigenvalue weighted by atomic mass is 9.85. The van der Waals surface area contributed by atoms with E-state index in [0.29, 0.717) is 17.4 Å². The number of amides is 1. The smallest absolute Gasteiger partial charge is 0.253 e. The number of pyridine rings is 1. The molecule has 2 fully saturated rings. The predicted molar refractivity (Wildman–Crippen MR) is 78.7 cm³/mol. The van der Waals surface area contributed by atoms with Crippen molar-refractivity contribution in [3.8, 4) is 0 Å². The molecule has 0 radical (unpaired) electrons. The molecule has 2 N–H and O–H groups in total. The van der Waals surface area contributed by atoms with Crippen LogP contribution in [0, 0.1) is 17.8 Å². The van der Waals surface area contributed by atoms with E-state index < -0.39 is 0 Å². The minimum absolute atomic E-state index is 0.0684. The summed E-state index contributed by atoms with van der Waals surface area (Å²) < 4.78 is 0. The molecule has 5 heteroatoms.